The second-order valence-corrected chi connectivity index (χ2v) is 10.1. The summed E-state index contributed by atoms with van der Waals surface area (Å²) in [6, 6.07) is 0. The summed E-state index contributed by atoms with van der Waals surface area (Å²) in [7, 11) is 7.50. The molecule has 57 heavy (non-hydrogen) atoms. The van der Waals surface area contributed by atoms with E-state index < -0.39 is 0 Å². The van der Waals surface area contributed by atoms with Gasteiger partial charge in [-0.05, 0) is 194 Å². The van der Waals surface area contributed by atoms with Gasteiger partial charge in [0.2, 0.25) is 11.8 Å². The topological polar surface area (TPSA) is 165 Å². The van der Waals surface area contributed by atoms with Gasteiger partial charge in [0.1, 0.15) is 0 Å². The highest BCUT2D eigenvalue weighted by Crippen LogP contribution is 1.74. The monoisotopic (exact) mass is 770 g/mol. The van der Waals surface area contributed by atoms with Crippen LogP contribution >= 0.6 is 0 Å². The molecule has 0 saturated heterocycles. The Morgan fingerprint density at radius 2 is 0.649 bits per heavy atom. The van der Waals surface area contributed by atoms with Crippen molar-refractivity contribution in [3.05, 3.63) is 0 Å². The van der Waals surface area contributed by atoms with Crippen LogP contribution in [0, 0.1) is 131 Å². The van der Waals surface area contributed by atoms with Crippen LogP contribution in [-0.4, -0.2) is 104 Å². The van der Waals surface area contributed by atoms with Crippen LogP contribution in [0.5, 0.6) is 0 Å². The summed E-state index contributed by atoms with van der Waals surface area (Å²) in [5.41, 5.74) is 0. The van der Waals surface area contributed by atoms with E-state index in [9.17, 15) is 19.2 Å². The minimum Gasteiger partial charge on any atom is -0.356 e. The fraction of sp³-hybridized carbons (Fsp3) is 0.422. The van der Waals surface area contributed by atoms with Crippen LogP contribution < -0.4 is 42.5 Å². The standard InChI is InChI=1S/C18H14N2O.C15H12N2O.2C6H14N2O/c1-3-4-5-6-7-8-9-10-11-12-13-15-18(21)20-17-14-16-19-2;1-3-4-5-6-7-8-9-10-12-15(18)17-14-11-13-16-2;2*1-6(9)8-5-3-4-7-2/h19H,14,16-17H2,1-2H3,(H,20,21);1,16H,11,13-14H2,2H3,(H,17,18);2*7H,3-5H2,1-2H3,(H,8,9). The number of rotatable bonds is 16. The van der Waals surface area contributed by atoms with E-state index in [-0.39, 0.29) is 23.6 Å². The Balaban J connectivity index is -0.000000351. The van der Waals surface area contributed by atoms with Crippen LogP contribution in [-0.2, 0) is 19.2 Å². The summed E-state index contributed by atoms with van der Waals surface area (Å²) in [5.74, 6) is 50.5. The molecule has 0 bridgehead atoms. The zero-order valence-corrected chi connectivity index (χ0v) is 34.2. The first-order valence-electron chi connectivity index (χ1n) is 17.7. The minimum absolute atomic E-state index is 0.0473. The quantitative estimate of drug-likeness (QED) is 0.0701. The number of carbonyl (C=O) groups excluding carboxylic acids is 4. The highest BCUT2D eigenvalue weighted by Gasteiger charge is 1.93. The van der Waals surface area contributed by atoms with E-state index >= 15 is 0 Å². The molecule has 8 N–H and O–H groups in total. The molecule has 0 unspecified atom stereocenters. The van der Waals surface area contributed by atoms with Gasteiger partial charge in [0, 0.05) is 51.9 Å². The third kappa shape index (κ3) is 67.5. The Bertz CT molecular complexity index is 1860. The lowest BCUT2D eigenvalue weighted by molar-refractivity contribution is -0.119. The molecule has 12 heteroatoms. The van der Waals surface area contributed by atoms with Crippen molar-refractivity contribution < 1.29 is 19.2 Å². The predicted octanol–water partition coefficient (Wildman–Crippen LogP) is -1.42. The molecular weight excluding hydrogens is 717 g/mol. The molecule has 0 aliphatic carbocycles. The fourth-order valence-electron chi connectivity index (χ4n) is 2.76. The molecule has 0 rings (SSSR count). The highest BCUT2D eigenvalue weighted by molar-refractivity contribution is 5.94. The minimum atomic E-state index is -0.347. The first kappa shape index (κ1) is 56.6. The Kier molecular flexibility index (Phi) is 52.9. The maximum Gasteiger partial charge on any atom is 0.296 e. The normalized spacial score (nSPS) is 7.19. The van der Waals surface area contributed by atoms with Gasteiger partial charge in [-0.2, -0.15) is 0 Å². The van der Waals surface area contributed by atoms with Crippen molar-refractivity contribution in [3.63, 3.8) is 0 Å². The molecular formula is C45H54N8O4. The van der Waals surface area contributed by atoms with E-state index in [2.05, 4.69) is 167 Å². The summed E-state index contributed by atoms with van der Waals surface area (Å²) in [4.78, 5) is 42.9. The Morgan fingerprint density at radius 3 is 0.912 bits per heavy atom. The Morgan fingerprint density at radius 1 is 0.386 bits per heavy atom. The van der Waals surface area contributed by atoms with E-state index in [1.165, 1.54) is 13.8 Å². The summed E-state index contributed by atoms with van der Waals surface area (Å²) in [5, 5.41) is 22.6. The average Bonchev–Trinajstić information content (AvgIpc) is 3.19. The van der Waals surface area contributed by atoms with Gasteiger partial charge in [-0.3, -0.25) is 19.2 Å². The van der Waals surface area contributed by atoms with Gasteiger partial charge in [0.25, 0.3) is 11.8 Å². The van der Waals surface area contributed by atoms with E-state index in [1.54, 1.807) is 6.92 Å². The summed E-state index contributed by atoms with van der Waals surface area (Å²) < 4.78 is 0. The number of nitrogens with one attached hydrogen (secondary N) is 8. The largest absolute Gasteiger partial charge is 0.356 e. The van der Waals surface area contributed by atoms with Gasteiger partial charge in [-0.25, -0.2) is 0 Å². The molecule has 4 amide bonds. The van der Waals surface area contributed by atoms with E-state index in [4.69, 9.17) is 6.42 Å². The molecule has 12 nitrogen and oxygen atoms in total. The fourth-order valence-corrected chi connectivity index (χ4v) is 2.76. The number of terminal acetylenes is 1. The number of amides is 4. The van der Waals surface area contributed by atoms with Crippen LogP contribution in [0.25, 0.3) is 0 Å². The molecule has 0 fully saturated rings. The van der Waals surface area contributed by atoms with E-state index in [0.29, 0.717) is 13.1 Å². The van der Waals surface area contributed by atoms with Crippen LogP contribution in [0.3, 0.4) is 0 Å². The molecule has 0 saturated carbocycles. The number of hydrogen-bond donors (Lipinski definition) is 8. The molecule has 0 aromatic rings. The van der Waals surface area contributed by atoms with Gasteiger partial charge >= 0.3 is 0 Å². The van der Waals surface area contributed by atoms with Gasteiger partial charge in [-0.15, -0.1) is 6.42 Å². The molecule has 0 atom stereocenters. The Hall–Kier alpha value is -7.12. The average molecular weight is 771 g/mol. The zero-order valence-electron chi connectivity index (χ0n) is 34.2. The molecule has 0 aromatic carbocycles. The first-order chi connectivity index (χ1) is 27.7. The van der Waals surface area contributed by atoms with Crippen molar-refractivity contribution in [3.8, 4) is 131 Å². The van der Waals surface area contributed by atoms with Gasteiger partial charge < -0.3 is 42.5 Å². The summed E-state index contributed by atoms with van der Waals surface area (Å²) in [6.07, 6.45) is 8.59. The van der Waals surface area contributed by atoms with E-state index in [1.807, 2.05) is 28.2 Å². The zero-order chi connectivity index (χ0) is 43.3. The second-order valence-electron chi connectivity index (χ2n) is 10.1. The van der Waals surface area contributed by atoms with Crippen LogP contribution in [0.1, 0.15) is 46.5 Å². The SMILES string of the molecule is C#CC#CC#CC#CC#CC(=O)NCCCNC.CC#CC#CC#CC#CC#CC#CC(=O)NCCCNC.CNCCCNC(C)=O.CNCCCNC(C)=O. The lowest BCUT2D eigenvalue weighted by Gasteiger charge is -1.99. The molecule has 298 valence electrons. The lowest BCUT2D eigenvalue weighted by Crippen LogP contribution is -2.25. The highest BCUT2D eigenvalue weighted by atomic mass is 16.2. The summed E-state index contributed by atoms with van der Waals surface area (Å²) in [6.45, 7) is 11.1. The molecule has 0 aliphatic heterocycles. The smallest absolute Gasteiger partial charge is 0.296 e. The maximum absolute atomic E-state index is 11.2. The Labute approximate surface area is 342 Å². The number of hydrogen-bond acceptors (Lipinski definition) is 8. The van der Waals surface area contributed by atoms with Crippen molar-refractivity contribution in [1.82, 2.24) is 42.5 Å². The second kappa shape index (κ2) is 53.2. The third-order valence-electron chi connectivity index (χ3n) is 5.22. The van der Waals surface area contributed by atoms with Crippen LogP contribution in [0.2, 0.25) is 0 Å². The number of carbonyl (C=O) groups is 4. The third-order valence-corrected chi connectivity index (χ3v) is 5.22. The van der Waals surface area contributed by atoms with Crippen molar-refractivity contribution >= 4 is 23.6 Å². The van der Waals surface area contributed by atoms with Crippen molar-refractivity contribution in [2.45, 2.75) is 46.5 Å². The molecule has 0 aromatic heterocycles. The molecule has 0 heterocycles. The molecule has 0 spiro atoms. The molecule has 0 radical (unpaired) electrons. The predicted molar refractivity (Wildman–Crippen MR) is 230 cm³/mol. The molecule has 0 aliphatic rings. The van der Waals surface area contributed by atoms with Gasteiger partial charge in [0.15, 0.2) is 0 Å². The van der Waals surface area contributed by atoms with Crippen molar-refractivity contribution in [2.24, 2.45) is 0 Å². The van der Waals surface area contributed by atoms with Gasteiger partial charge in [-0.1, -0.05) is 5.92 Å². The maximum atomic E-state index is 11.2. The first-order valence-corrected chi connectivity index (χ1v) is 17.7. The van der Waals surface area contributed by atoms with Crippen molar-refractivity contribution in [1.29, 1.82) is 0 Å². The van der Waals surface area contributed by atoms with Crippen LogP contribution in [0.15, 0.2) is 0 Å². The van der Waals surface area contributed by atoms with E-state index in [0.717, 1.165) is 65.0 Å². The van der Waals surface area contributed by atoms with Crippen molar-refractivity contribution in [2.75, 3.05) is 80.5 Å². The van der Waals surface area contributed by atoms with Gasteiger partial charge in [0.05, 0.1) is 0 Å². The summed E-state index contributed by atoms with van der Waals surface area (Å²) >= 11 is 0. The lowest BCUT2D eigenvalue weighted by atomic mass is 10.4. The van der Waals surface area contributed by atoms with Crippen LogP contribution in [0.4, 0.5) is 0 Å².